The van der Waals surface area contributed by atoms with E-state index in [-0.39, 0.29) is 4.90 Å². The molecule has 22 heavy (non-hydrogen) atoms. The van der Waals surface area contributed by atoms with E-state index in [2.05, 4.69) is 29.6 Å². The average molecular weight is 324 g/mol. The van der Waals surface area contributed by atoms with Gasteiger partial charge < -0.3 is 4.55 Å². The standard InChI is InChI=1S/C9H16N2.C7H8O3S/c1-3-5-6-9-10-7-8-11(9)4-2;1-6-2-4-7(5-3-6)11(8,9)10/h7-8H,3-6H2,1-2H3;2-5H,1H3,(H,8,9,10). The van der Waals surface area contributed by atoms with Crippen molar-refractivity contribution in [3.8, 4) is 0 Å². The number of unbranched alkanes of at least 4 members (excludes halogenated alkanes) is 1. The zero-order chi connectivity index (χ0) is 16.6. The average Bonchev–Trinajstić information content (AvgIpc) is 2.92. The predicted octanol–water partition coefficient (Wildman–Crippen LogP) is 2.56. The highest BCUT2D eigenvalue weighted by atomic mass is 32.2. The van der Waals surface area contributed by atoms with Gasteiger partial charge in [-0.3, -0.25) is 0 Å². The Morgan fingerprint density at radius 3 is 2.32 bits per heavy atom. The number of benzene rings is 1. The number of imidazole rings is 1. The highest BCUT2D eigenvalue weighted by molar-refractivity contribution is 7.85. The van der Waals surface area contributed by atoms with Crippen molar-refractivity contribution in [1.29, 1.82) is 0 Å². The van der Waals surface area contributed by atoms with E-state index in [1.54, 1.807) is 12.1 Å². The minimum atomic E-state index is -4.27. The van der Waals surface area contributed by atoms with Crippen molar-refractivity contribution in [1.82, 2.24) is 4.98 Å². The van der Waals surface area contributed by atoms with Crippen molar-refractivity contribution < 1.29 is 17.5 Å². The van der Waals surface area contributed by atoms with Crippen molar-refractivity contribution >= 4 is 10.1 Å². The molecule has 6 heteroatoms. The molecule has 0 amide bonds. The summed E-state index contributed by atoms with van der Waals surface area (Å²) < 4.78 is 33.4. The fraction of sp³-hybridized carbons (Fsp3) is 0.438. The van der Waals surface area contributed by atoms with E-state index in [1.807, 2.05) is 13.1 Å². The molecule has 0 saturated carbocycles. The number of aryl methyl sites for hydroxylation is 3. The van der Waals surface area contributed by atoms with Crippen LogP contribution in [-0.2, 0) is 23.1 Å². The number of hydrogen-bond donors (Lipinski definition) is 1. The van der Waals surface area contributed by atoms with Gasteiger partial charge in [-0.2, -0.15) is 0 Å². The highest BCUT2D eigenvalue weighted by Crippen LogP contribution is 2.08. The third-order valence-corrected chi connectivity index (χ3v) is 4.12. The number of hydrogen-bond acceptors (Lipinski definition) is 3. The minimum absolute atomic E-state index is 0.178. The van der Waals surface area contributed by atoms with Crippen molar-refractivity contribution in [2.24, 2.45) is 0 Å². The predicted molar refractivity (Wildman–Crippen MR) is 84.4 cm³/mol. The summed E-state index contributed by atoms with van der Waals surface area (Å²) in [6.07, 6.45) is 7.83. The second kappa shape index (κ2) is 8.70. The molecule has 1 aromatic carbocycles. The first-order chi connectivity index (χ1) is 10.4. The number of H-pyrrole nitrogens is 1. The lowest BCUT2D eigenvalue weighted by atomic mass is 10.2. The Morgan fingerprint density at radius 2 is 1.82 bits per heavy atom. The van der Waals surface area contributed by atoms with Crippen LogP contribution in [0.4, 0.5) is 0 Å². The molecule has 0 radical (unpaired) electrons. The van der Waals surface area contributed by atoms with Gasteiger partial charge in [-0.25, -0.2) is 18.0 Å². The number of aromatic amines is 1. The molecule has 0 spiro atoms. The van der Waals surface area contributed by atoms with Crippen LogP contribution in [0.3, 0.4) is 0 Å². The molecule has 0 fully saturated rings. The molecule has 0 saturated heterocycles. The molecular weight excluding hydrogens is 300 g/mol. The Labute approximate surface area is 132 Å². The van der Waals surface area contributed by atoms with Crippen LogP contribution in [0.2, 0.25) is 0 Å². The third kappa shape index (κ3) is 5.99. The van der Waals surface area contributed by atoms with E-state index in [1.165, 1.54) is 37.2 Å². The fourth-order valence-electron chi connectivity index (χ4n) is 1.96. The van der Waals surface area contributed by atoms with Crippen LogP contribution >= 0.6 is 0 Å². The first-order valence-corrected chi connectivity index (χ1v) is 8.87. The summed E-state index contributed by atoms with van der Waals surface area (Å²) in [6, 6.07) is 5.78. The van der Waals surface area contributed by atoms with Gasteiger partial charge in [0.15, 0.2) is 0 Å². The maximum absolute atomic E-state index is 10.4. The lowest BCUT2D eigenvalue weighted by molar-refractivity contribution is -0.699. The molecule has 0 bridgehead atoms. The van der Waals surface area contributed by atoms with Crippen LogP contribution in [0.5, 0.6) is 0 Å². The zero-order valence-electron chi connectivity index (χ0n) is 13.4. The van der Waals surface area contributed by atoms with Gasteiger partial charge in [0.25, 0.3) is 5.82 Å². The second-order valence-corrected chi connectivity index (χ2v) is 6.44. The molecule has 0 aliphatic carbocycles. The number of aromatic nitrogens is 2. The van der Waals surface area contributed by atoms with Gasteiger partial charge in [0.2, 0.25) is 0 Å². The maximum atomic E-state index is 10.4. The van der Waals surface area contributed by atoms with Gasteiger partial charge in [-0.05, 0) is 32.4 Å². The Bertz CT molecular complexity index is 661. The van der Waals surface area contributed by atoms with Crippen molar-refractivity contribution in [2.75, 3.05) is 0 Å². The minimum Gasteiger partial charge on any atom is -0.744 e. The smallest absolute Gasteiger partial charge is 0.254 e. The van der Waals surface area contributed by atoms with Crippen molar-refractivity contribution in [3.63, 3.8) is 0 Å². The van der Waals surface area contributed by atoms with Crippen LogP contribution in [0.25, 0.3) is 0 Å². The molecule has 122 valence electrons. The first kappa shape index (κ1) is 18.4. The molecule has 0 unspecified atom stereocenters. The molecule has 1 N–H and O–H groups in total. The van der Waals surface area contributed by atoms with Gasteiger partial charge in [0.1, 0.15) is 22.5 Å². The molecule has 0 atom stereocenters. The number of rotatable bonds is 5. The zero-order valence-corrected chi connectivity index (χ0v) is 14.2. The van der Waals surface area contributed by atoms with Crippen LogP contribution in [0, 0.1) is 6.92 Å². The quantitative estimate of drug-likeness (QED) is 0.678. The molecule has 1 aromatic heterocycles. The molecule has 0 aliphatic rings. The van der Waals surface area contributed by atoms with E-state index in [9.17, 15) is 13.0 Å². The molecule has 0 aliphatic heterocycles. The van der Waals surface area contributed by atoms with E-state index >= 15 is 0 Å². The van der Waals surface area contributed by atoms with Crippen LogP contribution in [-0.4, -0.2) is 18.0 Å². The van der Waals surface area contributed by atoms with Gasteiger partial charge in [0, 0.05) is 6.42 Å². The van der Waals surface area contributed by atoms with E-state index in [0.717, 1.165) is 12.1 Å². The Kier molecular flexibility index (Phi) is 7.27. The van der Waals surface area contributed by atoms with Crippen molar-refractivity contribution in [2.45, 2.75) is 51.5 Å². The molecule has 1 heterocycles. The van der Waals surface area contributed by atoms with E-state index in [0.29, 0.717) is 0 Å². The summed E-state index contributed by atoms with van der Waals surface area (Å²) in [5.41, 5.74) is 0.928. The highest BCUT2D eigenvalue weighted by Gasteiger charge is 2.06. The second-order valence-electron chi connectivity index (χ2n) is 5.06. The maximum Gasteiger partial charge on any atom is 0.254 e. The lowest BCUT2D eigenvalue weighted by Gasteiger charge is -2.05. The molecule has 5 nitrogen and oxygen atoms in total. The SMILES string of the molecule is CCCCc1[nH]cc[n+]1CC.Cc1ccc(S(=O)(=O)[O-])cc1. The van der Waals surface area contributed by atoms with Crippen LogP contribution in [0.15, 0.2) is 41.6 Å². The van der Waals surface area contributed by atoms with Gasteiger partial charge in [0.05, 0.1) is 11.4 Å². The van der Waals surface area contributed by atoms with E-state index < -0.39 is 10.1 Å². The van der Waals surface area contributed by atoms with Gasteiger partial charge >= 0.3 is 0 Å². The third-order valence-electron chi connectivity index (χ3n) is 3.27. The summed E-state index contributed by atoms with van der Waals surface area (Å²) in [5, 5.41) is 0. The Hall–Kier alpha value is -1.66. The van der Waals surface area contributed by atoms with Crippen molar-refractivity contribution in [3.05, 3.63) is 48.0 Å². The van der Waals surface area contributed by atoms with Crippen LogP contribution in [0.1, 0.15) is 38.1 Å². The summed E-state index contributed by atoms with van der Waals surface area (Å²) in [5.74, 6) is 1.36. The monoisotopic (exact) mass is 324 g/mol. The normalized spacial score (nSPS) is 10.9. The number of nitrogens with one attached hydrogen (secondary N) is 1. The molecular formula is C16H24N2O3S. The summed E-state index contributed by atoms with van der Waals surface area (Å²) >= 11 is 0. The topological polar surface area (TPSA) is 76.9 Å². The van der Waals surface area contributed by atoms with Crippen LogP contribution < -0.4 is 4.57 Å². The number of nitrogens with zero attached hydrogens (tertiary/aromatic N) is 1. The largest absolute Gasteiger partial charge is 0.744 e. The Balaban J connectivity index is 0.000000220. The summed E-state index contributed by atoms with van der Waals surface area (Å²) in [7, 11) is -4.27. The van der Waals surface area contributed by atoms with Gasteiger partial charge in [-0.15, -0.1) is 0 Å². The first-order valence-electron chi connectivity index (χ1n) is 7.46. The molecule has 2 aromatic rings. The lowest BCUT2D eigenvalue weighted by Crippen LogP contribution is -2.34. The van der Waals surface area contributed by atoms with E-state index in [4.69, 9.17) is 0 Å². The summed E-state index contributed by atoms with van der Waals surface area (Å²) in [4.78, 5) is 3.08. The van der Waals surface area contributed by atoms with Gasteiger partial charge in [-0.1, -0.05) is 31.0 Å². The molecule has 2 rings (SSSR count). The Morgan fingerprint density at radius 1 is 1.18 bits per heavy atom. The summed E-state index contributed by atoms with van der Waals surface area (Å²) in [6.45, 7) is 7.28. The fourth-order valence-corrected chi connectivity index (χ4v) is 2.43.